The van der Waals surface area contributed by atoms with Crippen LogP contribution in [-0.2, 0) is 0 Å². The van der Waals surface area contributed by atoms with Crippen LogP contribution in [0.5, 0.6) is 0 Å². The van der Waals surface area contributed by atoms with Gasteiger partial charge in [-0.3, -0.25) is 0 Å². The molecule has 64 valence electrons. The Kier molecular flexibility index (Phi) is 1.69. The van der Waals surface area contributed by atoms with E-state index in [0.717, 1.165) is 10.7 Å². The van der Waals surface area contributed by atoms with E-state index in [9.17, 15) is 0 Å². The molecular weight excluding hydrogens is 217 g/mol. The monoisotopic (exact) mass is 230 g/mol. The van der Waals surface area contributed by atoms with Gasteiger partial charge in [0.25, 0.3) is 0 Å². The number of hydrogen-bond acceptors (Lipinski definition) is 0. The van der Waals surface area contributed by atoms with Crippen molar-refractivity contribution in [3.8, 4) is 0 Å². The standard InChI is InChI=1S/C12H12Ge/c1-3-7-11-9(5-1)10-6-2-4-8-12(10)13-11/h1-9,11H,13H2. The van der Waals surface area contributed by atoms with Gasteiger partial charge >= 0.3 is 84.6 Å². The number of rotatable bonds is 0. The van der Waals surface area contributed by atoms with E-state index in [1.165, 1.54) is 0 Å². The van der Waals surface area contributed by atoms with Crippen LogP contribution in [0.25, 0.3) is 0 Å². The molecule has 0 fully saturated rings. The Hall–Kier alpha value is -0.757. The zero-order valence-electron chi connectivity index (χ0n) is 7.48. The molecule has 0 nitrogen and oxygen atoms in total. The minimum atomic E-state index is -0.482. The summed E-state index contributed by atoms with van der Waals surface area (Å²) in [6.45, 7) is 0. The molecule has 0 radical (unpaired) electrons. The molecule has 1 heterocycles. The van der Waals surface area contributed by atoms with Crippen molar-refractivity contribution in [3.63, 3.8) is 0 Å². The summed E-state index contributed by atoms with van der Waals surface area (Å²) >= 11 is -0.482. The molecule has 1 aliphatic carbocycles. The molecule has 1 aromatic carbocycles. The van der Waals surface area contributed by atoms with Gasteiger partial charge in [-0.1, -0.05) is 0 Å². The Morgan fingerprint density at radius 1 is 1.00 bits per heavy atom. The molecule has 1 aromatic rings. The molecule has 0 saturated heterocycles. The quantitative estimate of drug-likeness (QED) is 0.591. The van der Waals surface area contributed by atoms with Crippen LogP contribution in [0.3, 0.4) is 0 Å². The molecule has 2 unspecified atom stereocenters. The molecule has 2 aliphatic rings. The zero-order chi connectivity index (χ0) is 8.67. The molecule has 0 spiro atoms. The SMILES string of the molecule is C1=C[CH]2[GeH2][c]3ccccc3C2C=C1. The molecule has 2 atom stereocenters. The fraction of sp³-hybridized carbons (Fsp3) is 0.167. The second-order valence-electron chi connectivity index (χ2n) is 3.86. The minimum absolute atomic E-state index is 0.482. The zero-order valence-corrected chi connectivity index (χ0v) is 10.4. The van der Waals surface area contributed by atoms with E-state index >= 15 is 0 Å². The van der Waals surface area contributed by atoms with Crippen molar-refractivity contribution < 1.29 is 0 Å². The summed E-state index contributed by atoms with van der Waals surface area (Å²) in [5.41, 5.74) is 1.62. The van der Waals surface area contributed by atoms with E-state index in [4.69, 9.17) is 0 Å². The third-order valence-electron chi connectivity index (χ3n) is 3.12. The Morgan fingerprint density at radius 2 is 1.85 bits per heavy atom. The molecular formula is C12H12Ge. The average molecular weight is 229 g/mol. The van der Waals surface area contributed by atoms with Gasteiger partial charge in [0.2, 0.25) is 0 Å². The summed E-state index contributed by atoms with van der Waals surface area (Å²) in [5, 5.41) is 0. The molecule has 1 aliphatic heterocycles. The van der Waals surface area contributed by atoms with Gasteiger partial charge in [0.15, 0.2) is 0 Å². The van der Waals surface area contributed by atoms with E-state index in [1.807, 2.05) is 0 Å². The van der Waals surface area contributed by atoms with Gasteiger partial charge in [-0.2, -0.15) is 0 Å². The van der Waals surface area contributed by atoms with Gasteiger partial charge in [0, 0.05) is 0 Å². The summed E-state index contributed by atoms with van der Waals surface area (Å²) in [7, 11) is 0. The molecule has 13 heavy (non-hydrogen) atoms. The predicted octanol–water partition coefficient (Wildman–Crippen LogP) is 1.49. The first-order valence-electron chi connectivity index (χ1n) is 4.88. The van der Waals surface area contributed by atoms with Crippen LogP contribution in [0.15, 0.2) is 48.6 Å². The van der Waals surface area contributed by atoms with Crippen molar-refractivity contribution in [2.45, 2.75) is 10.7 Å². The first-order chi connectivity index (χ1) is 6.45. The molecule has 3 rings (SSSR count). The molecule has 0 N–H and O–H groups in total. The second-order valence-corrected chi connectivity index (χ2v) is 8.30. The van der Waals surface area contributed by atoms with Crippen LogP contribution in [-0.4, -0.2) is 15.4 Å². The second kappa shape index (κ2) is 2.88. The van der Waals surface area contributed by atoms with Crippen molar-refractivity contribution in [1.29, 1.82) is 0 Å². The molecule has 0 aromatic heterocycles. The van der Waals surface area contributed by atoms with Gasteiger partial charge in [0.05, 0.1) is 0 Å². The number of allylic oxidation sites excluding steroid dienone is 4. The molecule has 1 heteroatoms. The van der Waals surface area contributed by atoms with Gasteiger partial charge in [0.1, 0.15) is 0 Å². The van der Waals surface area contributed by atoms with Crippen LogP contribution >= 0.6 is 0 Å². The number of hydrogen-bond donors (Lipinski definition) is 0. The molecule has 0 saturated carbocycles. The van der Waals surface area contributed by atoms with Crippen LogP contribution in [0.2, 0.25) is 4.75 Å². The Balaban J connectivity index is 2.12. The van der Waals surface area contributed by atoms with Crippen LogP contribution in [0, 0.1) is 0 Å². The van der Waals surface area contributed by atoms with Crippen LogP contribution in [0.1, 0.15) is 11.5 Å². The fourth-order valence-corrected chi connectivity index (χ4v) is 7.36. The van der Waals surface area contributed by atoms with Crippen molar-refractivity contribution in [1.82, 2.24) is 0 Å². The third kappa shape index (κ3) is 1.12. The average Bonchev–Trinajstić information content (AvgIpc) is 2.56. The Bertz CT molecular complexity index is 390. The fourth-order valence-electron chi connectivity index (χ4n) is 2.48. The summed E-state index contributed by atoms with van der Waals surface area (Å²) in [6.07, 6.45) is 9.22. The van der Waals surface area contributed by atoms with Gasteiger partial charge in [-0.25, -0.2) is 0 Å². The first-order valence-corrected chi connectivity index (χ1v) is 8.07. The Labute approximate surface area is 84.8 Å². The molecule has 0 bridgehead atoms. The predicted molar refractivity (Wildman–Crippen MR) is 59.4 cm³/mol. The topological polar surface area (TPSA) is 0 Å². The maximum atomic E-state index is 2.42. The third-order valence-corrected chi connectivity index (χ3v) is 8.02. The van der Waals surface area contributed by atoms with Gasteiger partial charge in [-0.05, 0) is 0 Å². The van der Waals surface area contributed by atoms with Crippen LogP contribution in [0.4, 0.5) is 0 Å². The van der Waals surface area contributed by atoms with Crippen molar-refractivity contribution >= 4 is 19.8 Å². The molecule has 0 amide bonds. The van der Waals surface area contributed by atoms with Crippen molar-refractivity contribution in [3.05, 3.63) is 54.1 Å². The summed E-state index contributed by atoms with van der Waals surface area (Å²) in [5.74, 6) is 0.737. The van der Waals surface area contributed by atoms with E-state index in [0.29, 0.717) is 0 Å². The summed E-state index contributed by atoms with van der Waals surface area (Å²) in [6, 6.07) is 9.02. The van der Waals surface area contributed by atoms with E-state index in [1.54, 1.807) is 9.96 Å². The van der Waals surface area contributed by atoms with Crippen molar-refractivity contribution in [2.24, 2.45) is 0 Å². The normalized spacial score (nSPS) is 30.5. The number of fused-ring (bicyclic) bond motifs is 3. The summed E-state index contributed by atoms with van der Waals surface area (Å²) < 4.78 is 2.64. The van der Waals surface area contributed by atoms with Gasteiger partial charge in [-0.15, -0.1) is 0 Å². The van der Waals surface area contributed by atoms with E-state index in [-0.39, 0.29) is 0 Å². The van der Waals surface area contributed by atoms with E-state index < -0.39 is 15.4 Å². The Morgan fingerprint density at radius 3 is 2.85 bits per heavy atom. The first kappa shape index (κ1) is 7.63. The van der Waals surface area contributed by atoms with Crippen molar-refractivity contribution in [2.75, 3.05) is 0 Å². The van der Waals surface area contributed by atoms with Gasteiger partial charge < -0.3 is 0 Å². The van der Waals surface area contributed by atoms with Crippen LogP contribution < -0.4 is 4.40 Å². The van der Waals surface area contributed by atoms with E-state index in [2.05, 4.69) is 48.6 Å². The summed E-state index contributed by atoms with van der Waals surface area (Å²) in [4.78, 5) is 0. The maximum absolute atomic E-state index is 2.42. The number of benzene rings is 1.